The smallest absolute Gasteiger partial charge is 0.0449 e. The van der Waals surface area contributed by atoms with Gasteiger partial charge >= 0.3 is 0 Å². The van der Waals surface area contributed by atoms with Crippen LogP contribution in [0.1, 0.15) is 49.3 Å². The van der Waals surface area contributed by atoms with Crippen molar-refractivity contribution in [3.8, 4) is 31.3 Å². The molecule has 0 atom stereocenters. The van der Waals surface area contributed by atoms with Gasteiger partial charge in [-0.25, -0.2) is 0 Å². The minimum Gasteiger partial charge on any atom is -0.143 e. The van der Waals surface area contributed by atoms with E-state index in [1.807, 2.05) is 22.7 Å². The summed E-state index contributed by atoms with van der Waals surface area (Å²) in [4.78, 5) is 4.09. The molecule has 0 amide bonds. The van der Waals surface area contributed by atoms with Crippen molar-refractivity contribution in [3.63, 3.8) is 0 Å². The molecule has 0 saturated carbocycles. The predicted octanol–water partition coefficient (Wildman–Crippen LogP) is 8.84. The maximum absolute atomic E-state index is 2.46. The van der Waals surface area contributed by atoms with Crippen LogP contribution in [-0.2, 0) is 12.8 Å². The van der Waals surface area contributed by atoms with E-state index >= 15 is 0 Å². The first-order chi connectivity index (χ1) is 14.3. The molecule has 0 bridgehead atoms. The van der Waals surface area contributed by atoms with Crippen molar-refractivity contribution < 1.29 is 0 Å². The summed E-state index contributed by atoms with van der Waals surface area (Å²) in [6, 6.07) is 23.1. The molecular formula is C27H26S2. The second-order valence-electron chi connectivity index (χ2n) is 7.99. The zero-order chi connectivity index (χ0) is 19.6. The Morgan fingerprint density at radius 1 is 0.759 bits per heavy atom. The molecule has 0 radical (unpaired) electrons. The van der Waals surface area contributed by atoms with E-state index in [0.29, 0.717) is 0 Å². The van der Waals surface area contributed by atoms with Crippen LogP contribution in [0.2, 0.25) is 0 Å². The van der Waals surface area contributed by atoms with Crippen molar-refractivity contribution in [3.05, 3.63) is 82.7 Å². The maximum Gasteiger partial charge on any atom is 0.0449 e. The van der Waals surface area contributed by atoms with Crippen LogP contribution in [0.4, 0.5) is 0 Å². The Kier molecular flexibility index (Phi) is 5.39. The Morgan fingerprint density at radius 3 is 2.41 bits per heavy atom. The summed E-state index contributed by atoms with van der Waals surface area (Å²) in [5.41, 5.74) is 8.71. The summed E-state index contributed by atoms with van der Waals surface area (Å²) in [5.74, 6) is 0. The molecule has 0 aliphatic heterocycles. The van der Waals surface area contributed by atoms with Crippen LogP contribution in [0.15, 0.2) is 66.0 Å². The molecule has 0 nitrogen and oxygen atoms in total. The fraction of sp³-hybridized carbons (Fsp3) is 0.259. The second kappa shape index (κ2) is 8.30. The summed E-state index contributed by atoms with van der Waals surface area (Å²) in [7, 11) is 0. The molecule has 2 heteroatoms. The summed E-state index contributed by atoms with van der Waals surface area (Å²) in [6.45, 7) is 2.28. The summed E-state index contributed by atoms with van der Waals surface area (Å²) in [6.07, 6.45) is 7.62. The monoisotopic (exact) mass is 414 g/mol. The van der Waals surface area contributed by atoms with Gasteiger partial charge in [-0.1, -0.05) is 62.6 Å². The SMILES string of the molecule is CCCCCCc1ccc2c(c1)Cc1cc(-c3ccc(-c4cccs4)s3)ccc1-2. The van der Waals surface area contributed by atoms with Gasteiger partial charge in [-0.3, -0.25) is 0 Å². The standard InChI is InChI=1S/C27H26S2/c1-2-3-4-5-7-19-9-11-23-21(16-19)18-22-17-20(10-12-24(22)23)25-13-14-27(29-25)26-8-6-15-28-26/h6,8-17H,2-5,7,18H2,1H3. The minimum absolute atomic E-state index is 1.07. The van der Waals surface area contributed by atoms with Gasteiger partial charge in [0.1, 0.15) is 0 Å². The number of rotatable bonds is 7. The van der Waals surface area contributed by atoms with E-state index in [1.165, 1.54) is 80.1 Å². The van der Waals surface area contributed by atoms with Crippen LogP contribution in [0.3, 0.4) is 0 Å². The van der Waals surface area contributed by atoms with Crippen LogP contribution in [0.25, 0.3) is 31.3 Å². The van der Waals surface area contributed by atoms with E-state index in [2.05, 4.69) is 73.0 Å². The Labute approximate surface area is 181 Å². The summed E-state index contributed by atoms with van der Waals surface area (Å²) in [5, 5.41) is 2.15. The Bertz CT molecular complexity index is 1120. The average molecular weight is 415 g/mol. The summed E-state index contributed by atoms with van der Waals surface area (Å²) >= 11 is 3.71. The second-order valence-corrected chi connectivity index (χ2v) is 10.0. The molecule has 5 rings (SSSR count). The molecule has 0 spiro atoms. The van der Waals surface area contributed by atoms with Gasteiger partial charge in [0, 0.05) is 14.6 Å². The van der Waals surface area contributed by atoms with Gasteiger partial charge < -0.3 is 0 Å². The van der Waals surface area contributed by atoms with E-state index in [4.69, 9.17) is 0 Å². The molecule has 2 aromatic heterocycles. The largest absolute Gasteiger partial charge is 0.143 e. The van der Waals surface area contributed by atoms with Gasteiger partial charge in [0.2, 0.25) is 0 Å². The van der Waals surface area contributed by atoms with Crippen LogP contribution in [0, 0.1) is 0 Å². The van der Waals surface area contributed by atoms with E-state index in [-0.39, 0.29) is 0 Å². The lowest BCUT2D eigenvalue weighted by Crippen LogP contribution is -1.89. The lowest BCUT2D eigenvalue weighted by molar-refractivity contribution is 0.667. The van der Waals surface area contributed by atoms with Gasteiger partial charge in [0.25, 0.3) is 0 Å². The maximum atomic E-state index is 2.46. The van der Waals surface area contributed by atoms with Gasteiger partial charge in [-0.2, -0.15) is 0 Å². The first-order valence-electron chi connectivity index (χ1n) is 10.7. The van der Waals surface area contributed by atoms with E-state index in [9.17, 15) is 0 Å². The van der Waals surface area contributed by atoms with Crippen LogP contribution in [0.5, 0.6) is 0 Å². The van der Waals surface area contributed by atoms with Crippen molar-refractivity contribution in [1.29, 1.82) is 0 Å². The molecule has 1 aliphatic rings. The van der Waals surface area contributed by atoms with Crippen molar-refractivity contribution in [2.45, 2.75) is 45.4 Å². The molecule has 0 unspecified atom stereocenters. The van der Waals surface area contributed by atoms with E-state index < -0.39 is 0 Å². The normalized spacial score (nSPS) is 12.2. The van der Waals surface area contributed by atoms with E-state index in [1.54, 1.807) is 0 Å². The third-order valence-corrected chi connectivity index (χ3v) is 8.12. The van der Waals surface area contributed by atoms with Crippen LogP contribution >= 0.6 is 22.7 Å². The third-order valence-electron chi connectivity index (χ3n) is 5.92. The molecule has 0 N–H and O–H groups in total. The third kappa shape index (κ3) is 3.84. The lowest BCUT2D eigenvalue weighted by Gasteiger charge is -2.06. The number of benzene rings is 2. The van der Waals surface area contributed by atoms with Gasteiger partial charge in [0.05, 0.1) is 0 Å². The van der Waals surface area contributed by atoms with E-state index in [0.717, 1.165) is 6.42 Å². The van der Waals surface area contributed by atoms with Crippen molar-refractivity contribution in [1.82, 2.24) is 0 Å². The predicted molar refractivity (Wildman–Crippen MR) is 129 cm³/mol. The molecule has 1 aliphatic carbocycles. The topological polar surface area (TPSA) is 0 Å². The van der Waals surface area contributed by atoms with Crippen LogP contribution < -0.4 is 0 Å². The van der Waals surface area contributed by atoms with Crippen molar-refractivity contribution >= 4 is 22.7 Å². The Balaban J connectivity index is 1.36. The lowest BCUT2D eigenvalue weighted by atomic mass is 10.00. The zero-order valence-corrected chi connectivity index (χ0v) is 18.5. The van der Waals surface area contributed by atoms with Crippen molar-refractivity contribution in [2.75, 3.05) is 0 Å². The quantitative estimate of drug-likeness (QED) is 0.233. The number of unbranched alkanes of at least 4 members (excludes halogenated alkanes) is 3. The van der Waals surface area contributed by atoms with Gasteiger partial charge in [0.15, 0.2) is 0 Å². The van der Waals surface area contributed by atoms with Gasteiger partial charge in [-0.15, -0.1) is 22.7 Å². The summed E-state index contributed by atoms with van der Waals surface area (Å²) < 4.78 is 0. The van der Waals surface area contributed by atoms with Crippen LogP contribution in [-0.4, -0.2) is 0 Å². The molecular weight excluding hydrogens is 388 g/mol. The highest BCUT2D eigenvalue weighted by molar-refractivity contribution is 7.23. The first-order valence-corrected chi connectivity index (χ1v) is 12.4. The number of aryl methyl sites for hydroxylation is 1. The minimum atomic E-state index is 1.07. The van der Waals surface area contributed by atoms with Gasteiger partial charge in [-0.05, 0) is 82.3 Å². The number of thiophene rings is 2. The molecule has 2 aromatic carbocycles. The molecule has 4 aromatic rings. The Morgan fingerprint density at radius 2 is 1.59 bits per heavy atom. The highest BCUT2D eigenvalue weighted by Gasteiger charge is 2.19. The van der Waals surface area contributed by atoms with Crippen molar-refractivity contribution in [2.24, 2.45) is 0 Å². The molecule has 146 valence electrons. The fourth-order valence-corrected chi connectivity index (χ4v) is 6.21. The molecule has 2 heterocycles. The fourth-order valence-electron chi connectivity index (χ4n) is 4.37. The number of fused-ring (bicyclic) bond motifs is 3. The zero-order valence-electron chi connectivity index (χ0n) is 16.9. The highest BCUT2D eigenvalue weighted by atomic mass is 32.1. The first kappa shape index (κ1) is 18.8. The molecule has 0 saturated heterocycles. The Hall–Kier alpha value is -2.16. The molecule has 0 fully saturated rings. The number of hydrogen-bond donors (Lipinski definition) is 0. The highest BCUT2D eigenvalue weighted by Crippen LogP contribution is 2.41. The average Bonchev–Trinajstić information content (AvgIpc) is 3.49. The number of hydrogen-bond acceptors (Lipinski definition) is 2. The molecule has 29 heavy (non-hydrogen) atoms.